The molecule has 0 bridgehead atoms. The fourth-order valence-electron chi connectivity index (χ4n) is 2.57. The molecular formula is C21H33IN6O2. The first-order valence-corrected chi connectivity index (χ1v) is 9.69. The second kappa shape index (κ2) is 12.4. The number of amides is 1. The Balaban J connectivity index is 0.00000450. The molecule has 9 heteroatoms. The van der Waals surface area contributed by atoms with Crippen LogP contribution in [0.2, 0.25) is 0 Å². The van der Waals surface area contributed by atoms with E-state index in [0.29, 0.717) is 13.1 Å². The van der Waals surface area contributed by atoms with Gasteiger partial charge in [0, 0.05) is 52.7 Å². The van der Waals surface area contributed by atoms with E-state index in [1.165, 1.54) is 0 Å². The van der Waals surface area contributed by atoms with Crippen molar-refractivity contribution in [3.05, 3.63) is 54.1 Å². The van der Waals surface area contributed by atoms with E-state index in [1.54, 1.807) is 31.5 Å². The lowest BCUT2D eigenvalue weighted by atomic mass is 10.1. The number of hydrogen-bond donors (Lipinski definition) is 2. The van der Waals surface area contributed by atoms with Gasteiger partial charge in [0.25, 0.3) is 0 Å². The highest BCUT2D eigenvalue weighted by molar-refractivity contribution is 14.0. The van der Waals surface area contributed by atoms with Crippen LogP contribution in [0.5, 0.6) is 0 Å². The molecule has 30 heavy (non-hydrogen) atoms. The predicted molar refractivity (Wildman–Crippen MR) is 130 cm³/mol. The van der Waals surface area contributed by atoms with E-state index in [2.05, 4.69) is 20.6 Å². The summed E-state index contributed by atoms with van der Waals surface area (Å²) in [5.41, 5.74) is 1.68. The van der Waals surface area contributed by atoms with Gasteiger partial charge in [0.05, 0.1) is 6.33 Å². The SMILES string of the molecule is CN=C(NCCn1ccnc1)NCc1ccc(CN(C)C(=O)OC(C)(C)C)cc1.I. The van der Waals surface area contributed by atoms with Crippen LogP contribution in [-0.2, 0) is 24.4 Å². The van der Waals surface area contributed by atoms with Crippen LogP contribution in [0.15, 0.2) is 48.0 Å². The van der Waals surface area contributed by atoms with Gasteiger partial charge in [-0.3, -0.25) is 4.99 Å². The van der Waals surface area contributed by atoms with Gasteiger partial charge in [-0.15, -0.1) is 24.0 Å². The van der Waals surface area contributed by atoms with Crippen LogP contribution >= 0.6 is 24.0 Å². The van der Waals surface area contributed by atoms with Crippen LogP contribution in [-0.4, -0.2) is 52.7 Å². The Morgan fingerprint density at radius 3 is 2.43 bits per heavy atom. The lowest BCUT2D eigenvalue weighted by Gasteiger charge is -2.24. The summed E-state index contributed by atoms with van der Waals surface area (Å²) in [7, 11) is 3.49. The molecule has 0 radical (unpaired) electrons. The van der Waals surface area contributed by atoms with Gasteiger partial charge in [0.15, 0.2) is 5.96 Å². The number of nitrogens with zero attached hydrogens (tertiary/aromatic N) is 4. The maximum Gasteiger partial charge on any atom is 0.410 e. The molecule has 0 spiro atoms. The maximum absolute atomic E-state index is 12.1. The van der Waals surface area contributed by atoms with Gasteiger partial charge in [-0.1, -0.05) is 24.3 Å². The van der Waals surface area contributed by atoms with Crippen molar-refractivity contribution in [3.63, 3.8) is 0 Å². The third-order valence-electron chi connectivity index (χ3n) is 4.05. The number of aliphatic imine (C=N–C) groups is 1. The third kappa shape index (κ3) is 9.47. The number of halogens is 1. The number of nitrogens with one attached hydrogen (secondary N) is 2. The zero-order valence-electron chi connectivity index (χ0n) is 18.4. The molecule has 2 aromatic rings. The summed E-state index contributed by atoms with van der Waals surface area (Å²) in [6.07, 6.45) is 5.16. The fourth-order valence-corrected chi connectivity index (χ4v) is 2.57. The summed E-state index contributed by atoms with van der Waals surface area (Å²) in [5.74, 6) is 0.749. The number of guanidine groups is 1. The molecule has 0 aliphatic carbocycles. The number of imidazole rings is 1. The number of aromatic nitrogens is 2. The van der Waals surface area contributed by atoms with Crippen molar-refractivity contribution in [2.75, 3.05) is 20.6 Å². The first-order valence-electron chi connectivity index (χ1n) is 9.69. The summed E-state index contributed by atoms with van der Waals surface area (Å²) in [6.45, 7) is 8.32. The number of carbonyl (C=O) groups excluding carboxylic acids is 1. The van der Waals surface area contributed by atoms with E-state index in [4.69, 9.17) is 4.74 Å². The first-order chi connectivity index (χ1) is 13.8. The highest BCUT2D eigenvalue weighted by atomic mass is 127. The van der Waals surface area contributed by atoms with Gasteiger partial charge in [-0.25, -0.2) is 9.78 Å². The molecule has 8 nitrogen and oxygen atoms in total. The summed E-state index contributed by atoms with van der Waals surface area (Å²) >= 11 is 0. The van der Waals surface area contributed by atoms with Crippen molar-refractivity contribution in [3.8, 4) is 0 Å². The first kappa shape index (κ1) is 25.7. The molecule has 1 aromatic carbocycles. The molecule has 0 aliphatic heterocycles. The van der Waals surface area contributed by atoms with E-state index in [0.717, 1.165) is 30.2 Å². The number of benzene rings is 1. The summed E-state index contributed by atoms with van der Waals surface area (Å²) in [4.78, 5) is 21.9. The predicted octanol–water partition coefficient (Wildman–Crippen LogP) is 3.23. The van der Waals surface area contributed by atoms with Crippen LogP contribution in [0.3, 0.4) is 0 Å². The van der Waals surface area contributed by atoms with Crippen molar-refractivity contribution < 1.29 is 9.53 Å². The zero-order chi connectivity index (χ0) is 21.3. The molecule has 1 heterocycles. The number of hydrogen-bond acceptors (Lipinski definition) is 4. The normalized spacial score (nSPS) is 11.4. The summed E-state index contributed by atoms with van der Waals surface area (Å²) in [6, 6.07) is 8.13. The zero-order valence-corrected chi connectivity index (χ0v) is 20.7. The quantitative estimate of drug-likeness (QED) is 0.328. The minimum Gasteiger partial charge on any atom is -0.444 e. The van der Waals surface area contributed by atoms with Crippen molar-refractivity contribution in [2.24, 2.45) is 4.99 Å². The van der Waals surface area contributed by atoms with Crippen molar-refractivity contribution in [1.82, 2.24) is 25.1 Å². The van der Waals surface area contributed by atoms with E-state index < -0.39 is 5.60 Å². The lowest BCUT2D eigenvalue weighted by molar-refractivity contribution is 0.0285. The summed E-state index contributed by atoms with van der Waals surface area (Å²) in [5, 5.41) is 6.58. The molecule has 0 fully saturated rings. The monoisotopic (exact) mass is 528 g/mol. The van der Waals surface area contributed by atoms with Gasteiger partial charge in [-0.05, 0) is 31.9 Å². The van der Waals surface area contributed by atoms with Crippen molar-refractivity contribution in [1.29, 1.82) is 0 Å². The molecule has 0 atom stereocenters. The van der Waals surface area contributed by atoms with E-state index >= 15 is 0 Å². The van der Waals surface area contributed by atoms with Gasteiger partial charge >= 0.3 is 6.09 Å². The minimum atomic E-state index is -0.494. The van der Waals surface area contributed by atoms with Crippen LogP contribution in [0.4, 0.5) is 4.79 Å². The molecule has 0 aliphatic rings. The highest BCUT2D eigenvalue weighted by Crippen LogP contribution is 2.12. The van der Waals surface area contributed by atoms with Crippen LogP contribution in [0.25, 0.3) is 0 Å². The van der Waals surface area contributed by atoms with Crippen molar-refractivity contribution >= 4 is 36.0 Å². The lowest BCUT2D eigenvalue weighted by Crippen LogP contribution is -2.38. The van der Waals surface area contributed by atoms with Crippen LogP contribution in [0, 0.1) is 0 Å². The fraction of sp³-hybridized carbons (Fsp3) is 0.476. The largest absolute Gasteiger partial charge is 0.444 e. The maximum atomic E-state index is 12.1. The average Bonchev–Trinajstić information content (AvgIpc) is 3.17. The Hall–Kier alpha value is -2.30. The molecule has 0 saturated carbocycles. The van der Waals surface area contributed by atoms with E-state index in [9.17, 15) is 4.79 Å². The third-order valence-corrected chi connectivity index (χ3v) is 4.05. The van der Waals surface area contributed by atoms with Gasteiger partial charge in [0.2, 0.25) is 0 Å². The van der Waals surface area contributed by atoms with Crippen LogP contribution < -0.4 is 10.6 Å². The Kier molecular flexibility index (Phi) is 10.6. The van der Waals surface area contributed by atoms with Crippen molar-refractivity contribution in [2.45, 2.75) is 46.0 Å². The Labute approximate surface area is 196 Å². The second-order valence-electron chi connectivity index (χ2n) is 7.81. The Bertz CT molecular complexity index is 785. The minimum absolute atomic E-state index is 0. The average molecular weight is 528 g/mol. The Morgan fingerprint density at radius 1 is 1.20 bits per heavy atom. The van der Waals surface area contributed by atoms with Gasteiger partial charge in [0.1, 0.15) is 5.60 Å². The Morgan fingerprint density at radius 2 is 1.87 bits per heavy atom. The summed E-state index contributed by atoms with van der Waals surface area (Å²) < 4.78 is 7.39. The van der Waals surface area contributed by atoms with Gasteiger partial charge in [-0.2, -0.15) is 0 Å². The highest BCUT2D eigenvalue weighted by Gasteiger charge is 2.19. The van der Waals surface area contributed by atoms with Gasteiger partial charge < -0.3 is 24.8 Å². The molecule has 0 unspecified atom stereocenters. The molecule has 2 rings (SSSR count). The number of ether oxygens (including phenoxy) is 1. The molecule has 166 valence electrons. The second-order valence-corrected chi connectivity index (χ2v) is 7.81. The molecular weight excluding hydrogens is 495 g/mol. The smallest absolute Gasteiger partial charge is 0.410 e. The van der Waals surface area contributed by atoms with E-state index in [-0.39, 0.29) is 30.1 Å². The molecule has 1 aromatic heterocycles. The van der Waals surface area contributed by atoms with Crippen LogP contribution in [0.1, 0.15) is 31.9 Å². The topological polar surface area (TPSA) is 83.8 Å². The number of carbonyl (C=O) groups is 1. The van der Waals surface area contributed by atoms with E-state index in [1.807, 2.05) is 55.8 Å². The number of rotatable bonds is 7. The molecule has 1 amide bonds. The molecule has 2 N–H and O–H groups in total. The molecule has 0 saturated heterocycles. The standard InChI is InChI=1S/C21H32N6O2.HI/c1-21(2,3)29-20(28)26(5)15-18-8-6-17(7-9-18)14-25-19(22-4)24-11-13-27-12-10-23-16-27;/h6-10,12,16H,11,13-15H2,1-5H3,(H2,22,24,25);1H.